The number of hydrogen-bond acceptors (Lipinski definition) is 5. The molecule has 2 atom stereocenters. The van der Waals surface area contributed by atoms with E-state index in [1.54, 1.807) is 29.9 Å². The Hall–Kier alpha value is -2.74. The Morgan fingerprint density at radius 2 is 1.91 bits per heavy atom. The van der Waals surface area contributed by atoms with Crippen molar-refractivity contribution < 1.29 is 4.74 Å². The maximum atomic E-state index is 13.0. The van der Waals surface area contributed by atoms with E-state index >= 15 is 0 Å². The lowest BCUT2D eigenvalue weighted by Crippen LogP contribution is -2.23. The second-order valence-corrected chi connectivity index (χ2v) is 8.87. The molecule has 1 aliphatic rings. The fourth-order valence-electron chi connectivity index (χ4n) is 4.15. The molecule has 32 heavy (non-hydrogen) atoms. The molecule has 7 nitrogen and oxygen atoms in total. The monoisotopic (exact) mass is 469 g/mol. The maximum Gasteiger partial charge on any atom is 0.277 e. The van der Waals surface area contributed by atoms with E-state index in [9.17, 15) is 4.79 Å². The average molecular weight is 470 g/mol. The summed E-state index contributed by atoms with van der Waals surface area (Å²) in [5.41, 5.74) is 3.95. The minimum atomic E-state index is -0.302. The van der Waals surface area contributed by atoms with Gasteiger partial charge in [0.1, 0.15) is 10.7 Å². The van der Waals surface area contributed by atoms with Gasteiger partial charge < -0.3 is 4.74 Å². The van der Waals surface area contributed by atoms with Gasteiger partial charge in [0.2, 0.25) is 0 Å². The van der Waals surface area contributed by atoms with Crippen LogP contribution in [0.4, 0.5) is 0 Å². The van der Waals surface area contributed by atoms with E-state index in [0.717, 1.165) is 29.7 Å². The quantitative estimate of drug-likeness (QED) is 0.433. The lowest BCUT2D eigenvalue weighted by molar-refractivity contribution is 0.00456. The Labute approximate surface area is 194 Å². The zero-order valence-corrected chi connectivity index (χ0v) is 19.1. The van der Waals surface area contributed by atoms with Gasteiger partial charge in [-0.3, -0.25) is 13.9 Å². The van der Waals surface area contributed by atoms with Crippen LogP contribution >= 0.6 is 23.2 Å². The second kappa shape index (κ2) is 8.31. The minimum Gasteiger partial charge on any atom is -0.373 e. The van der Waals surface area contributed by atoms with E-state index in [2.05, 4.69) is 10.1 Å². The van der Waals surface area contributed by atoms with Gasteiger partial charge in [0, 0.05) is 48.1 Å². The summed E-state index contributed by atoms with van der Waals surface area (Å²) in [5.74, 6) is 0.108. The second-order valence-electron chi connectivity index (χ2n) is 8.06. The predicted molar refractivity (Wildman–Crippen MR) is 123 cm³/mol. The molecule has 164 valence electrons. The number of halogens is 2. The smallest absolute Gasteiger partial charge is 0.277 e. The molecule has 2 unspecified atom stereocenters. The van der Waals surface area contributed by atoms with Crippen molar-refractivity contribution in [1.29, 1.82) is 0 Å². The standard InChI is InChI=1S/C23H21Cl2N5O2/c1-13-20(25)23(31)30-12-18(15-7-8-32-19(9-15)16-10-26-29(2)11-16)28-21(22(30)27-13)14-3-5-17(24)6-4-14/h3-6,10-12,15,19H,7-9H2,1-2H3. The lowest BCUT2D eigenvalue weighted by Gasteiger charge is -2.29. The highest BCUT2D eigenvalue weighted by atomic mass is 35.5. The topological polar surface area (TPSA) is 74.3 Å². The number of benzene rings is 1. The number of aromatic nitrogens is 5. The van der Waals surface area contributed by atoms with E-state index < -0.39 is 0 Å². The summed E-state index contributed by atoms with van der Waals surface area (Å²) in [6, 6.07) is 7.37. The van der Waals surface area contributed by atoms with Crippen molar-refractivity contribution in [3.8, 4) is 11.3 Å². The minimum absolute atomic E-state index is 0.0737. The van der Waals surface area contributed by atoms with Gasteiger partial charge in [0.15, 0.2) is 5.65 Å². The van der Waals surface area contributed by atoms with E-state index in [1.165, 1.54) is 4.40 Å². The average Bonchev–Trinajstić information content (AvgIpc) is 3.24. The van der Waals surface area contributed by atoms with Gasteiger partial charge in [-0.15, -0.1) is 0 Å². The van der Waals surface area contributed by atoms with E-state index in [0.29, 0.717) is 28.7 Å². The fraction of sp³-hybridized carbons (Fsp3) is 0.304. The van der Waals surface area contributed by atoms with Crippen LogP contribution in [-0.4, -0.2) is 30.8 Å². The predicted octanol–water partition coefficient (Wildman–Crippen LogP) is 4.74. The Morgan fingerprint density at radius 3 is 2.62 bits per heavy atom. The Bertz CT molecular complexity index is 1360. The molecular weight excluding hydrogens is 449 g/mol. The SMILES string of the molecule is Cc1nc2c(-c3ccc(Cl)cc3)nc(C3CCOC(c4cnn(C)c4)C3)cn2c(=O)c1Cl. The van der Waals surface area contributed by atoms with Crippen LogP contribution in [-0.2, 0) is 11.8 Å². The molecule has 0 aliphatic carbocycles. The molecule has 4 heterocycles. The van der Waals surface area contributed by atoms with Gasteiger partial charge in [-0.25, -0.2) is 9.97 Å². The largest absolute Gasteiger partial charge is 0.373 e. The van der Waals surface area contributed by atoms with Crippen molar-refractivity contribution in [2.75, 3.05) is 6.61 Å². The summed E-state index contributed by atoms with van der Waals surface area (Å²) < 4.78 is 9.28. The lowest BCUT2D eigenvalue weighted by atomic mass is 9.90. The van der Waals surface area contributed by atoms with Crippen molar-refractivity contribution in [2.24, 2.45) is 7.05 Å². The van der Waals surface area contributed by atoms with Gasteiger partial charge in [-0.1, -0.05) is 35.3 Å². The molecule has 1 aromatic carbocycles. The zero-order chi connectivity index (χ0) is 22.4. The van der Waals surface area contributed by atoms with E-state index in [4.69, 9.17) is 32.9 Å². The molecule has 1 aliphatic heterocycles. The van der Waals surface area contributed by atoms with Gasteiger partial charge >= 0.3 is 0 Å². The highest BCUT2D eigenvalue weighted by molar-refractivity contribution is 6.31. The van der Waals surface area contributed by atoms with E-state index in [1.807, 2.05) is 31.6 Å². The summed E-state index contributed by atoms with van der Waals surface area (Å²) in [5, 5.41) is 5.00. The first kappa shape index (κ1) is 21.1. The number of rotatable bonds is 3. The van der Waals surface area contributed by atoms with Crippen molar-refractivity contribution in [3.63, 3.8) is 0 Å². The first-order valence-electron chi connectivity index (χ1n) is 10.4. The fourth-order valence-corrected chi connectivity index (χ4v) is 4.41. The van der Waals surface area contributed by atoms with Crippen molar-refractivity contribution in [2.45, 2.75) is 31.8 Å². The van der Waals surface area contributed by atoms with Crippen molar-refractivity contribution in [1.82, 2.24) is 24.1 Å². The molecule has 0 saturated carbocycles. The molecule has 0 bridgehead atoms. The van der Waals surface area contributed by atoms with Crippen LogP contribution in [0.3, 0.4) is 0 Å². The molecule has 0 amide bonds. The molecule has 3 aromatic heterocycles. The first-order chi connectivity index (χ1) is 15.4. The molecule has 0 N–H and O–H groups in total. The van der Waals surface area contributed by atoms with Gasteiger partial charge in [0.25, 0.3) is 5.56 Å². The van der Waals surface area contributed by atoms with Crippen molar-refractivity contribution >= 4 is 28.8 Å². The van der Waals surface area contributed by atoms with Crippen LogP contribution in [0.25, 0.3) is 16.9 Å². The first-order valence-corrected chi connectivity index (χ1v) is 11.1. The Morgan fingerprint density at radius 1 is 1.12 bits per heavy atom. The summed E-state index contributed by atoms with van der Waals surface area (Å²) in [4.78, 5) is 22.6. The Balaban J connectivity index is 1.64. The number of aryl methyl sites for hydroxylation is 2. The number of fused-ring (bicyclic) bond motifs is 1. The van der Waals surface area contributed by atoms with Gasteiger partial charge in [-0.2, -0.15) is 5.10 Å². The summed E-state index contributed by atoms with van der Waals surface area (Å²) in [6.07, 6.45) is 7.04. The molecule has 5 rings (SSSR count). The van der Waals surface area contributed by atoms with Crippen LogP contribution in [0, 0.1) is 6.92 Å². The van der Waals surface area contributed by atoms with Crippen LogP contribution in [0.2, 0.25) is 10.0 Å². The van der Waals surface area contributed by atoms with Crippen molar-refractivity contribution in [3.05, 3.63) is 80.2 Å². The van der Waals surface area contributed by atoms with Gasteiger partial charge in [-0.05, 0) is 31.9 Å². The Kier molecular flexibility index (Phi) is 5.49. The van der Waals surface area contributed by atoms with Crippen LogP contribution in [0.5, 0.6) is 0 Å². The number of ether oxygens (including phenoxy) is 1. The highest BCUT2D eigenvalue weighted by Gasteiger charge is 2.28. The van der Waals surface area contributed by atoms with Gasteiger partial charge in [0.05, 0.1) is 23.7 Å². The van der Waals surface area contributed by atoms with Crippen LogP contribution < -0.4 is 5.56 Å². The maximum absolute atomic E-state index is 13.0. The molecule has 0 spiro atoms. The third kappa shape index (κ3) is 3.81. The number of hydrogen-bond donors (Lipinski definition) is 0. The molecule has 4 aromatic rings. The highest BCUT2D eigenvalue weighted by Crippen LogP contribution is 2.37. The number of nitrogens with zero attached hydrogens (tertiary/aromatic N) is 5. The third-order valence-electron chi connectivity index (χ3n) is 5.86. The van der Waals surface area contributed by atoms with E-state index in [-0.39, 0.29) is 22.6 Å². The molecule has 0 radical (unpaired) electrons. The van der Waals surface area contributed by atoms with Crippen LogP contribution in [0.15, 0.2) is 47.7 Å². The molecule has 1 fully saturated rings. The molecule has 1 saturated heterocycles. The van der Waals surface area contributed by atoms with Crippen LogP contribution in [0.1, 0.15) is 41.8 Å². The normalized spacial score (nSPS) is 18.9. The molecular formula is C23H21Cl2N5O2. The third-order valence-corrected chi connectivity index (χ3v) is 6.54. The summed E-state index contributed by atoms with van der Waals surface area (Å²) in [7, 11) is 1.89. The molecule has 9 heteroatoms. The summed E-state index contributed by atoms with van der Waals surface area (Å²) >= 11 is 12.3. The zero-order valence-electron chi connectivity index (χ0n) is 17.6. The summed E-state index contributed by atoms with van der Waals surface area (Å²) in [6.45, 7) is 2.32.